The molecule has 0 amide bonds. The van der Waals surface area contributed by atoms with Gasteiger partial charge in [-0.25, -0.2) is 0 Å². The van der Waals surface area contributed by atoms with Gasteiger partial charge in [-0.1, -0.05) is 37.6 Å². The molecular weight excluding hydrogens is 290 g/mol. The van der Waals surface area contributed by atoms with Crippen LogP contribution in [0.3, 0.4) is 0 Å². The Bertz CT molecular complexity index is 984. The lowest BCUT2D eigenvalue weighted by Crippen LogP contribution is -2.35. The van der Waals surface area contributed by atoms with Crippen molar-refractivity contribution in [2.75, 3.05) is 0 Å². The van der Waals surface area contributed by atoms with E-state index in [4.69, 9.17) is 1.37 Å². The van der Waals surface area contributed by atoms with Crippen molar-refractivity contribution in [3.8, 4) is 11.3 Å². The van der Waals surface area contributed by atoms with Crippen LogP contribution in [0.4, 0.5) is 0 Å². The van der Waals surface area contributed by atoms with Gasteiger partial charge in [0.25, 0.3) is 0 Å². The topological polar surface area (TPSA) is 3.88 Å². The van der Waals surface area contributed by atoms with E-state index in [1.54, 1.807) is 0 Å². The minimum atomic E-state index is 0.462. The van der Waals surface area contributed by atoms with Crippen molar-refractivity contribution in [1.29, 1.82) is 0 Å². The Morgan fingerprint density at radius 1 is 1.00 bits per heavy atom. The van der Waals surface area contributed by atoms with Crippen molar-refractivity contribution in [1.82, 2.24) is 0 Å². The van der Waals surface area contributed by atoms with Crippen molar-refractivity contribution in [3.63, 3.8) is 0 Å². The average molecular weight is 319 g/mol. The summed E-state index contributed by atoms with van der Waals surface area (Å²) in [5.74, 6) is 0.462. The number of rotatable bonds is 2. The smallest absolute Gasteiger partial charge is 0.198 e. The Morgan fingerprint density at radius 2 is 1.71 bits per heavy atom. The number of aryl methyl sites for hydroxylation is 2. The van der Waals surface area contributed by atoms with E-state index in [9.17, 15) is 0 Å². The van der Waals surface area contributed by atoms with Crippen LogP contribution in [0.15, 0.2) is 36.4 Å². The molecule has 124 valence electrons. The van der Waals surface area contributed by atoms with E-state index in [1.165, 1.54) is 33.5 Å². The third-order valence-corrected chi connectivity index (χ3v) is 5.19. The molecule has 0 unspecified atom stereocenters. The largest absolute Gasteiger partial charge is 0.220 e. The molecule has 1 heterocycles. The molecule has 0 radical (unpaired) electrons. The number of fused-ring (bicyclic) bond motifs is 1. The Hall–Kier alpha value is -2.15. The summed E-state index contributed by atoms with van der Waals surface area (Å²) < 4.78 is 10.8. The number of aromatic nitrogens is 1. The molecule has 1 heteroatoms. The first-order valence-electron chi connectivity index (χ1n) is 9.23. The van der Waals surface area contributed by atoms with Crippen LogP contribution in [0.25, 0.3) is 22.0 Å². The van der Waals surface area contributed by atoms with Gasteiger partial charge < -0.3 is 0 Å². The minimum absolute atomic E-state index is 0.462. The first-order chi connectivity index (χ1) is 11.7. The average Bonchev–Trinajstić information content (AvgIpc) is 2.56. The van der Waals surface area contributed by atoms with Crippen LogP contribution >= 0.6 is 0 Å². The minimum Gasteiger partial charge on any atom is -0.198 e. The Balaban J connectivity index is 2.47. The highest BCUT2D eigenvalue weighted by atomic mass is 14.9. The lowest BCUT2D eigenvalue weighted by molar-refractivity contribution is -0.665. The molecule has 0 aliphatic rings. The predicted octanol–water partition coefficient (Wildman–Crippen LogP) is 5.69. The predicted molar refractivity (Wildman–Crippen MR) is 104 cm³/mol. The number of pyridine rings is 1. The van der Waals surface area contributed by atoms with Gasteiger partial charge >= 0.3 is 0 Å². The summed E-state index contributed by atoms with van der Waals surface area (Å²) in [6.07, 6.45) is 0. The van der Waals surface area contributed by atoms with Crippen LogP contribution in [-0.2, 0) is 7.05 Å². The van der Waals surface area contributed by atoms with E-state index in [1.807, 2.05) is 6.92 Å². The van der Waals surface area contributed by atoms with Gasteiger partial charge in [-0.2, -0.15) is 4.57 Å². The van der Waals surface area contributed by atoms with Gasteiger partial charge in [0.2, 0.25) is 5.69 Å². The number of nitrogens with zero attached hydrogens (tertiary/aromatic N) is 1. The second-order valence-electron chi connectivity index (χ2n) is 7.33. The highest BCUT2D eigenvalue weighted by molar-refractivity contribution is 5.94. The molecule has 0 atom stereocenters. The van der Waals surface area contributed by atoms with Crippen LogP contribution in [0.5, 0.6) is 0 Å². The number of hydrogen-bond acceptors (Lipinski definition) is 0. The molecule has 1 aromatic heterocycles. The lowest BCUT2D eigenvalue weighted by atomic mass is 9.92. The van der Waals surface area contributed by atoms with E-state index in [0.717, 1.165) is 16.5 Å². The Morgan fingerprint density at radius 3 is 2.38 bits per heavy atom. The maximum absolute atomic E-state index is 8.64. The summed E-state index contributed by atoms with van der Waals surface area (Å²) in [5, 5.41) is 2.21. The van der Waals surface area contributed by atoms with E-state index >= 15 is 0 Å². The van der Waals surface area contributed by atoms with Crippen LogP contribution < -0.4 is 4.57 Å². The fourth-order valence-corrected chi connectivity index (χ4v) is 3.47. The quantitative estimate of drug-likeness (QED) is 0.534. The summed E-state index contributed by atoms with van der Waals surface area (Å²) >= 11 is 0. The molecule has 3 rings (SSSR count). The highest BCUT2D eigenvalue weighted by Gasteiger charge is 2.21. The second kappa shape index (κ2) is 6.05. The number of benzene rings is 2. The molecule has 0 saturated carbocycles. The van der Waals surface area contributed by atoms with Gasteiger partial charge in [0, 0.05) is 13.0 Å². The molecule has 0 saturated heterocycles. The zero-order chi connectivity index (χ0) is 18.5. The van der Waals surface area contributed by atoms with Gasteiger partial charge in [-0.15, -0.1) is 0 Å². The number of hydrogen-bond donors (Lipinski definition) is 0. The van der Waals surface area contributed by atoms with Crippen molar-refractivity contribution in [2.45, 2.75) is 47.5 Å². The zero-order valence-corrected chi connectivity index (χ0v) is 15.9. The molecular formula is C23H28N+. The standard InChI is InChI=1S/C23H28N/c1-14(2)19-8-9-21-20(13-19)12-17(5)24(7)23(21)22-11-15(3)10-16(4)18(22)6/h8-14H,1-7H3/q+1/i12D. The lowest BCUT2D eigenvalue weighted by Gasteiger charge is -2.14. The Labute approximate surface area is 147 Å². The molecule has 0 bridgehead atoms. The van der Waals surface area contributed by atoms with E-state index in [2.05, 4.69) is 76.6 Å². The molecule has 0 fully saturated rings. The molecule has 3 aromatic rings. The van der Waals surface area contributed by atoms with Gasteiger partial charge in [0.15, 0.2) is 5.69 Å². The van der Waals surface area contributed by atoms with Crippen LogP contribution in [0.1, 0.15) is 49.1 Å². The fraction of sp³-hybridized carbons (Fsp3) is 0.348. The third-order valence-electron chi connectivity index (χ3n) is 5.19. The van der Waals surface area contributed by atoms with Gasteiger partial charge in [0.05, 0.1) is 12.3 Å². The maximum Gasteiger partial charge on any atom is 0.220 e. The molecule has 0 aliphatic heterocycles. The van der Waals surface area contributed by atoms with Crippen LogP contribution in [0, 0.1) is 27.7 Å². The summed E-state index contributed by atoms with van der Waals surface area (Å²) in [7, 11) is 2.08. The van der Waals surface area contributed by atoms with E-state index in [-0.39, 0.29) is 0 Å². The second-order valence-corrected chi connectivity index (χ2v) is 7.33. The maximum atomic E-state index is 8.64. The van der Waals surface area contributed by atoms with Crippen LogP contribution in [0.2, 0.25) is 0 Å². The summed E-state index contributed by atoms with van der Waals surface area (Å²) in [4.78, 5) is 0. The van der Waals surface area contributed by atoms with Crippen molar-refractivity contribution < 1.29 is 5.94 Å². The molecule has 0 spiro atoms. The van der Waals surface area contributed by atoms with Gasteiger partial charge in [-0.3, -0.25) is 0 Å². The molecule has 24 heavy (non-hydrogen) atoms. The van der Waals surface area contributed by atoms with Crippen molar-refractivity contribution in [2.24, 2.45) is 7.05 Å². The molecule has 2 aromatic carbocycles. The first kappa shape index (κ1) is 15.4. The normalized spacial score (nSPS) is 12.1. The first-order valence-corrected chi connectivity index (χ1v) is 8.73. The van der Waals surface area contributed by atoms with Crippen molar-refractivity contribution >= 4 is 10.8 Å². The highest BCUT2D eigenvalue weighted by Crippen LogP contribution is 2.32. The third kappa shape index (κ3) is 2.73. The molecule has 0 aliphatic carbocycles. The fourth-order valence-electron chi connectivity index (χ4n) is 3.47. The Kier molecular flexibility index (Phi) is 3.88. The SMILES string of the molecule is [2H]c1c(C)[n+](C)c(-c2cc(C)cc(C)c2C)c2ccc(C(C)C)cc12. The van der Waals surface area contributed by atoms with E-state index in [0.29, 0.717) is 12.0 Å². The van der Waals surface area contributed by atoms with E-state index < -0.39 is 0 Å². The van der Waals surface area contributed by atoms with Gasteiger partial charge in [-0.05, 0) is 60.9 Å². The summed E-state index contributed by atoms with van der Waals surface area (Å²) in [6.45, 7) is 13.0. The van der Waals surface area contributed by atoms with Crippen LogP contribution in [-0.4, -0.2) is 0 Å². The summed E-state index contributed by atoms with van der Waals surface area (Å²) in [6, 6.07) is 11.8. The van der Waals surface area contributed by atoms with Crippen molar-refractivity contribution in [3.05, 3.63) is 64.3 Å². The zero-order valence-electron chi connectivity index (χ0n) is 16.9. The summed E-state index contributed by atoms with van der Waals surface area (Å²) in [5.41, 5.74) is 8.67. The molecule has 1 nitrogen and oxygen atoms in total. The molecule has 0 N–H and O–H groups in total. The van der Waals surface area contributed by atoms with Gasteiger partial charge in [0.1, 0.15) is 7.05 Å². The monoisotopic (exact) mass is 319 g/mol.